The number of aromatic amines is 1. The molecule has 0 amide bonds. The number of hydrogen-bond donors (Lipinski definition) is 1. The number of rotatable bonds is 4. The molecule has 2 aromatic heterocycles. The van der Waals surface area contributed by atoms with Crippen molar-refractivity contribution < 1.29 is 13.2 Å². The molecule has 156 valence electrons. The monoisotopic (exact) mass is 419 g/mol. The van der Waals surface area contributed by atoms with Crippen molar-refractivity contribution in [3.8, 4) is 11.1 Å². The Balaban J connectivity index is 1.36. The van der Waals surface area contributed by atoms with Gasteiger partial charge in [0.15, 0.2) is 11.6 Å². The van der Waals surface area contributed by atoms with Gasteiger partial charge >= 0.3 is 0 Å². The van der Waals surface area contributed by atoms with Gasteiger partial charge in [0.25, 0.3) is 0 Å². The van der Waals surface area contributed by atoms with Crippen LogP contribution in [0.3, 0.4) is 0 Å². The zero-order valence-electron chi connectivity index (χ0n) is 16.7. The van der Waals surface area contributed by atoms with E-state index >= 15 is 0 Å². The van der Waals surface area contributed by atoms with Crippen molar-refractivity contribution in [1.29, 1.82) is 0 Å². The summed E-state index contributed by atoms with van der Waals surface area (Å²) in [5.74, 6) is -2.18. The van der Waals surface area contributed by atoms with E-state index in [-0.39, 0.29) is 11.4 Å². The summed E-state index contributed by atoms with van der Waals surface area (Å²) in [6.45, 7) is 1.85. The average molecular weight is 419 g/mol. The Morgan fingerprint density at radius 3 is 2.71 bits per heavy atom. The summed E-state index contributed by atoms with van der Waals surface area (Å²) >= 11 is 0. The Labute approximate surface area is 177 Å². The fraction of sp³-hybridized carbons (Fsp3) is 0.160. The number of H-pyrrole nitrogens is 1. The predicted octanol–water partition coefficient (Wildman–Crippen LogP) is 5.94. The molecule has 3 heterocycles. The van der Waals surface area contributed by atoms with Gasteiger partial charge in [0, 0.05) is 54.1 Å². The molecule has 4 aromatic rings. The highest BCUT2D eigenvalue weighted by Gasteiger charge is 2.18. The molecule has 1 N–H and O–H groups in total. The molecule has 0 saturated heterocycles. The molecule has 0 spiro atoms. The van der Waals surface area contributed by atoms with Gasteiger partial charge in [-0.05, 0) is 47.9 Å². The minimum Gasteiger partial charge on any atom is -0.346 e. The Kier molecular flexibility index (Phi) is 5.08. The Morgan fingerprint density at radius 1 is 0.968 bits per heavy atom. The van der Waals surface area contributed by atoms with E-state index in [1.54, 1.807) is 12.3 Å². The Hall–Kier alpha value is -3.38. The summed E-state index contributed by atoms with van der Waals surface area (Å²) in [7, 11) is 0. The van der Waals surface area contributed by atoms with Gasteiger partial charge in [-0.2, -0.15) is 0 Å². The summed E-state index contributed by atoms with van der Waals surface area (Å²) in [6.07, 6.45) is 6.74. The molecule has 0 aliphatic carbocycles. The number of halogens is 3. The standard InChI is InChI=1S/C25H20F3N3/c26-22-7-6-17(19-3-1-5-23(27)24(19)28)13-18(22)15-31-11-8-16(9-12-31)21-14-30-25-20(21)4-2-10-29-25/h1-8,10,13-14H,9,11-12,15H2,(H,29,30). The van der Waals surface area contributed by atoms with Crippen LogP contribution in [0.1, 0.15) is 17.5 Å². The number of nitrogens with one attached hydrogen (secondary N) is 1. The maximum Gasteiger partial charge on any atom is 0.166 e. The first-order valence-corrected chi connectivity index (χ1v) is 10.2. The van der Waals surface area contributed by atoms with Gasteiger partial charge in [0.05, 0.1) is 0 Å². The molecule has 0 radical (unpaired) electrons. The van der Waals surface area contributed by atoms with Crippen molar-refractivity contribution in [3.63, 3.8) is 0 Å². The second-order valence-corrected chi connectivity index (χ2v) is 7.72. The number of benzene rings is 2. The molecule has 0 fully saturated rings. The number of nitrogens with zero attached hydrogens (tertiary/aromatic N) is 2. The summed E-state index contributed by atoms with van der Waals surface area (Å²) in [5.41, 5.74) is 4.32. The van der Waals surface area contributed by atoms with Crippen LogP contribution in [0.4, 0.5) is 13.2 Å². The van der Waals surface area contributed by atoms with Crippen molar-refractivity contribution in [2.45, 2.75) is 13.0 Å². The van der Waals surface area contributed by atoms with Gasteiger partial charge in [-0.1, -0.05) is 24.3 Å². The molecule has 1 aliphatic heterocycles. The zero-order valence-corrected chi connectivity index (χ0v) is 16.7. The number of fused-ring (bicyclic) bond motifs is 1. The molecule has 0 bridgehead atoms. The minimum absolute atomic E-state index is 0.134. The second kappa shape index (κ2) is 8.04. The fourth-order valence-corrected chi connectivity index (χ4v) is 4.15. The summed E-state index contributed by atoms with van der Waals surface area (Å²) < 4.78 is 42.2. The molecule has 0 saturated carbocycles. The molecule has 6 heteroatoms. The van der Waals surface area contributed by atoms with E-state index in [1.165, 1.54) is 29.8 Å². The smallest absolute Gasteiger partial charge is 0.166 e. The lowest BCUT2D eigenvalue weighted by atomic mass is 9.98. The van der Waals surface area contributed by atoms with E-state index in [2.05, 4.69) is 20.9 Å². The molecule has 5 rings (SSSR count). The van der Waals surface area contributed by atoms with Crippen LogP contribution in [-0.4, -0.2) is 28.0 Å². The second-order valence-electron chi connectivity index (χ2n) is 7.72. The van der Waals surface area contributed by atoms with E-state index in [4.69, 9.17) is 0 Å². The van der Waals surface area contributed by atoms with Crippen LogP contribution in [0.5, 0.6) is 0 Å². The third-order valence-corrected chi connectivity index (χ3v) is 5.79. The van der Waals surface area contributed by atoms with Crippen molar-refractivity contribution >= 4 is 16.6 Å². The SMILES string of the molecule is Fc1ccc(-c2cccc(F)c2F)cc1CN1CC=C(c2c[nH]c3ncccc23)CC1. The van der Waals surface area contributed by atoms with Crippen LogP contribution in [0, 0.1) is 17.5 Å². The lowest BCUT2D eigenvalue weighted by molar-refractivity contribution is 0.289. The van der Waals surface area contributed by atoms with Gasteiger partial charge < -0.3 is 4.98 Å². The van der Waals surface area contributed by atoms with Crippen LogP contribution in [0.2, 0.25) is 0 Å². The van der Waals surface area contributed by atoms with Crippen LogP contribution in [0.25, 0.3) is 27.7 Å². The highest BCUT2D eigenvalue weighted by atomic mass is 19.2. The third-order valence-electron chi connectivity index (χ3n) is 5.79. The number of aromatic nitrogens is 2. The first-order valence-electron chi connectivity index (χ1n) is 10.2. The van der Waals surface area contributed by atoms with Crippen LogP contribution in [0.15, 0.2) is 67.0 Å². The Morgan fingerprint density at radius 2 is 1.87 bits per heavy atom. The lowest BCUT2D eigenvalue weighted by Crippen LogP contribution is -2.28. The molecular weight excluding hydrogens is 399 g/mol. The molecule has 31 heavy (non-hydrogen) atoms. The number of hydrogen-bond acceptors (Lipinski definition) is 2. The summed E-state index contributed by atoms with van der Waals surface area (Å²) in [4.78, 5) is 9.68. The first kappa shape index (κ1) is 19.6. The first-order chi connectivity index (χ1) is 15.1. The van der Waals surface area contributed by atoms with Gasteiger partial charge in [-0.15, -0.1) is 0 Å². The van der Waals surface area contributed by atoms with E-state index in [9.17, 15) is 13.2 Å². The van der Waals surface area contributed by atoms with Crippen LogP contribution >= 0.6 is 0 Å². The van der Waals surface area contributed by atoms with Crippen molar-refractivity contribution in [2.75, 3.05) is 13.1 Å². The van der Waals surface area contributed by atoms with Gasteiger partial charge in [0.1, 0.15) is 11.5 Å². The average Bonchev–Trinajstić information content (AvgIpc) is 3.22. The highest BCUT2D eigenvalue weighted by molar-refractivity contribution is 5.90. The van der Waals surface area contributed by atoms with Crippen LogP contribution < -0.4 is 0 Å². The van der Waals surface area contributed by atoms with Crippen molar-refractivity contribution in [2.24, 2.45) is 0 Å². The lowest BCUT2D eigenvalue weighted by Gasteiger charge is -2.26. The van der Waals surface area contributed by atoms with E-state index in [0.717, 1.165) is 35.6 Å². The third kappa shape index (κ3) is 3.75. The summed E-state index contributed by atoms with van der Waals surface area (Å²) in [5, 5.41) is 1.10. The molecule has 3 nitrogen and oxygen atoms in total. The molecule has 2 aromatic carbocycles. The minimum atomic E-state index is -0.918. The van der Waals surface area contributed by atoms with E-state index in [1.807, 2.05) is 18.3 Å². The number of pyridine rings is 1. The quantitative estimate of drug-likeness (QED) is 0.444. The molecule has 1 aliphatic rings. The zero-order chi connectivity index (χ0) is 21.4. The molecule has 0 unspecified atom stereocenters. The van der Waals surface area contributed by atoms with Crippen LogP contribution in [-0.2, 0) is 6.54 Å². The maximum atomic E-state index is 14.5. The fourth-order valence-electron chi connectivity index (χ4n) is 4.15. The van der Waals surface area contributed by atoms with Gasteiger partial charge in [-0.3, -0.25) is 4.90 Å². The Bertz CT molecular complexity index is 1290. The van der Waals surface area contributed by atoms with Gasteiger partial charge in [-0.25, -0.2) is 18.2 Å². The van der Waals surface area contributed by atoms with E-state index in [0.29, 0.717) is 24.2 Å². The topological polar surface area (TPSA) is 31.9 Å². The maximum absolute atomic E-state index is 14.5. The molecular formula is C25H20F3N3. The van der Waals surface area contributed by atoms with Crippen molar-refractivity contribution in [3.05, 3.63) is 95.6 Å². The predicted molar refractivity (Wildman–Crippen MR) is 116 cm³/mol. The largest absolute Gasteiger partial charge is 0.346 e. The van der Waals surface area contributed by atoms with E-state index < -0.39 is 11.6 Å². The molecule has 0 atom stereocenters. The van der Waals surface area contributed by atoms with Gasteiger partial charge in [0.2, 0.25) is 0 Å². The summed E-state index contributed by atoms with van der Waals surface area (Å²) in [6, 6.07) is 12.4. The highest BCUT2D eigenvalue weighted by Crippen LogP contribution is 2.30. The van der Waals surface area contributed by atoms with Crippen molar-refractivity contribution in [1.82, 2.24) is 14.9 Å². The normalized spacial score (nSPS) is 14.7.